The number of nitrogens with one attached hydrogen (secondary N) is 1. The van der Waals surface area contributed by atoms with Gasteiger partial charge in [0.1, 0.15) is 11.9 Å². The largest absolute Gasteiger partial charge is 0.489 e. The molecule has 0 amide bonds. The van der Waals surface area contributed by atoms with E-state index < -0.39 is 0 Å². The predicted octanol–water partition coefficient (Wildman–Crippen LogP) is 3.28. The zero-order valence-electron chi connectivity index (χ0n) is 12.4. The molecular weight excluding hydrogens is 268 g/mol. The molecule has 2 atom stereocenters. The maximum atomic E-state index is 10.8. The summed E-state index contributed by atoms with van der Waals surface area (Å²) in [6.07, 6.45) is 6.10. The Morgan fingerprint density at radius 2 is 2.19 bits per heavy atom. The Hall–Kier alpha value is -1.62. The molecule has 0 aliphatic heterocycles. The van der Waals surface area contributed by atoms with Crippen LogP contribution in [0.25, 0.3) is 0 Å². The van der Waals surface area contributed by atoms with Gasteiger partial charge in [-0.1, -0.05) is 25.8 Å². The second-order valence-electron chi connectivity index (χ2n) is 6.15. The summed E-state index contributed by atoms with van der Waals surface area (Å²) in [4.78, 5) is 10.5. The lowest BCUT2D eigenvalue weighted by Gasteiger charge is -2.54. The van der Waals surface area contributed by atoms with E-state index in [0.717, 1.165) is 13.0 Å². The van der Waals surface area contributed by atoms with Crippen LogP contribution in [0.5, 0.6) is 5.75 Å². The van der Waals surface area contributed by atoms with Crippen LogP contribution in [0.3, 0.4) is 0 Å². The summed E-state index contributed by atoms with van der Waals surface area (Å²) in [6.45, 7) is 3.12. The molecule has 2 unspecified atom stereocenters. The van der Waals surface area contributed by atoms with Gasteiger partial charge in [0.15, 0.2) is 0 Å². The molecule has 1 aromatic rings. The van der Waals surface area contributed by atoms with Gasteiger partial charge >= 0.3 is 0 Å². The van der Waals surface area contributed by atoms with Crippen molar-refractivity contribution in [2.45, 2.75) is 51.2 Å². The number of non-ortho nitro benzene ring substituents is 1. The average Bonchev–Trinajstić information content (AvgIpc) is 2.99. The van der Waals surface area contributed by atoms with Crippen molar-refractivity contribution < 1.29 is 9.66 Å². The number of ether oxygens (including phenoxy) is 1. The highest BCUT2D eigenvalue weighted by Crippen LogP contribution is 2.54. The highest BCUT2D eigenvalue weighted by molar-refractivity contribution is 5.38. The van der Waals surface area contributed by atoms with E-state index in [1.807, 2.05) is 6.07 Å². The SMILES string of the molecule is CCNC1CC(Oc2cccc([N+](=O)[O-])c2)C12CCCC2. The fourth-order valence-electron chi connectivity index (χ4n) is 3.98. The predicted molar refractivity (Wildman–Crippen MR) is 80.5 cm³/mol. The van der Waals surface area contributed by atoms with Crippen molar-refractivity contribution in [3.8, 4) is 5.75 Å². The first-order chi connectivity index (χ1) is 10.2. The summed E-state index contributed by atoms with van der Waals surface area (Å²) < 4.78 is 6.11. The summed E-state index contributed by atoms with van der Waals surface area (Å²) in [6, 6.07) is 7.07. The minimum atomic E-state index is -0.375. The Kier molecular flexibility index (Phi) is 3.85. The first-order valence-electron chi connectivity index (χ1n) is 7.80. The number of nitro benzene ring substituents is 1. The molecule has 0 radical (unpaired) electrons. The van der Waals surface area contributed by atoms with Crippen LogP contribution >= 0.6 is 0 Å². The van der Waals surface area contributed by atoms with Gasteiger partial charge in [0, 0.05) is 23.9 Å². The Labute approximate surface area is 124 Å². The van der Waals surface area contributed by atoms with Crippen LogP contribution in [-0.2, 0) is 0 Å². The Morgan fingerprint density at radius 1 is 1.43 bits per heavy atom. The van der Waals surface area contributed by atoms with Gasteiger partial charge in [-0.25, -0.2) is 0 Å². The minimum Gasteiger partial charge on any atom is -0.489 e. The van der Waals surface area contributed by atoms with E-state index in [0.29, 0.717) is 11.8 Å². The second kappa shape index (κ2) is 5.64. The molecule has 2 aliphatic carbocycles. The number of hydrogen-bond acceptors (Lipinski definition) is 4. The van der Waals surface area contributed by atoms with E-state index >= 15 is 0 Å². The third-order valence-corrected chi connectivity index (χ3v) is 5.08. The molecule has 0 bridgehead atoms. The smallest absolute Gasteiger partial charge is 0.273 e. The summed E-state index contributed by atoms with van der Waals surface area (Å²) in [5, 5.41) is 14.4. The van der Waals surface area contributed by atoms with E-state index in [4.69, 9.17) is 4.74 Å². The van der Waals surface area contributed by atoms with Crippen molar-refractivity contribution in [3.63, 3.8) is 0 Å². The molecule has 2 saturated carbocycles. The summed E-state index contributed by atoms with van der Waals surface area (Å²) >= 11 is 0. The van der Waals surface area contributed by atoms with Gasteiger partial charge < -0.3 is 10.1 Å². The summed E-state index contributed by atoms with van der Waals surface area (Å²) in [5.41, 5.74) is 0.330. The molecule has 2 fully saturated rings. The lowest BCUT2D eigenvalue weighted by atomic mass is 9.60. The van der Waals surface area contributed by atoms with E-state index in [9.17, 15) is 10.1 Å². The van der Waals surface area contributed by atoms with E-state index in [1.165, 1.54) is 37.8 Å². The van der Waals surface area contributed by atoms with Crippen molar-refractivity contribution in [1.82, 2.24) is 5.32 Å². The molecule has 1 spiro atoms. The van der Waals surface area contributed by atoms with Gasteiger partial charge in [-0.05, 0) is 25.5 Å². The molecule has 5 nitrogen and oxygen atoms in total. The highest BCUT2D eigenvalue weighted by atomic mass is 16.6. The molecule has 2 aliphatic rings. The molecular formula is C16H22N2O3. The molecule has 0 saturated heterocycles. The first kappa shape index (κ1) is 14.3. The van der Waals surface area contributed by atoms with Gasteiger partial charge in [-0.3, -0.25) is 10.1 Å². The van der Waals surface area contributed by atoms with Gasteiger partial charge in [0.2, 0.25) is 0 Å². The zero-order valence-corrected chi connectivity index (χ0v) is 12.4. The minimum absolute atomic E-state index is 0.0931. The third kappa shape index (κ3) is 2.50. The number of nitrogens with zero attached hydrogens (tertiary/aromatic N) is 1. The van der Waals surface area contributed by atoms with Crippen LogP contribution in [0.4, 0.5) is 5.69 Å². The van der Waals surface area contributed by atoms with Crippen LogP contribution in [0.15, 0.2) is 24.3 Å². The molecule has 0 aromatic heterocycles. The fourth-order valence-corrected chi connectivity index (χ4v) is 3.98. The van der Waals surface area contributed by atoms with Gasteiger partial charge in [0.05, 0.1) is 11.0 Å². The van der Waals surface area contributed by atoms with Gasteiger partial charge in [-0.15, -0.1) is 0 Å². The Morgan fingerprint density at radius 3 is 2.86 bits per heavy atom. The maximum absolute atomic E-state index is 10.8. The van der Waals surface area contributed by atoms with Crippen LogP contribution < -0.4 is 10.1 Å². The van der Waals surface area contributed by atoms with Crippen LogP contribution in [-0.4, -0.2) is 23.6 Å². The van der Waals surface area contributed by atoms with Gasteiger partial charge in [0.25, 0.3) is 5.69 Å². The average molecular weight is 290 g/mol. The summed E-state index contributed by atoms with van der Waals surface area (Å²) in [5.74, 6) is 0.621. The van der Waals surface area contributed by atoms with E-state index in [-0.39, 0.29) is 22.1 Å². The second-order valence-corrected chi connectivity index (χ2v) is 6.15. The van der Waals surface area contributed by atoms with Crippen LogP contribution in [0.2, 0.25) is 0 Å². The van der Waals surface area contributed by atoms with E-state index in [2.05, 4.69) is 12.2 Å². The zero-order chi connectivity index (χ0) is 14.9. The summed E-state index contributed by atoms with van der Waals surface area (Å²) in [7, 11) is 0. The monoisotopic (exact) mass is 290 g/mol. The van der Waals surface area contributed by atoms with Crippen molar-refractivity contribution in [3.05, 3.63) is 34.4 Å². The van der Waals surface area contributed by atoms with Crippen molar-refractivity contribution in [2.24, 2.45) is 5.41 Å². The van der Waals surface area contributed by atoms with Crippen molar-refractivity contribution in [1.29, 1.82) is 0 Å². The number of nitro groups is 1. The molecule has 3 rings (SSSR count). The lowest BCUT2D eigenvalue weighted by molar-refractivity contribution is -0.385. The third-order valence-electron chi connectivity index (χ3n) is 5.08. The normalized spacial score (nSPS) is 26.5. The van der Waals surface area contributed by atoms with Gasteiger partial charge in [-0.2, -0.15) is 0 Å². The van der Waals surface area contributed by atoms with Crippen molar-refractivity contribution in [2.75, 3.05) is 6.54 Å². The lowest BCUT2D eigenvalue weighted by Crippen LogP contribution is -2.63. The molecule has 5 heteroatoms. The molecule has 0 heterocycles. The van der Waals surface area contributed by atoms with Crippen molar-refractivity contribution >= 4 is 5.69 Å². The highest BCUT2D eigenvalue weighted by Gasteiger charge is 2.57. The van der Waals surface area contributed by atoms with E-state index in [1.54, 1.807) is 6.07 Å². The number of hydrogen-bond donors (Lipinski definition) is 1. The molecule has 114 valence electrons. The molecule has 1 N–H and O–H groups in total. The maximum Gasteiger partial charge on any atom is 0.273 e. The number of benzene rings is 1. The quantitative estimate of drug-likeness (QED) is 0.667. The Bertz CT molecular complexity index is 526. The topological polar surface area (TPSA) is 64.4 Å². The van der Waals surface area contributed by atoms with Crippen LogP contribution in [0.1, 0.15) is 39.0 Å². The van der Waals surface area contributed by atoms with Crippen LogP contribution in [0, 0.1) is 15.5 Å². The number of rotatable bonds is 5. The Balaban J connectivity index is 1.73. The fraction of sp³-hybridized carbons (Fsp3) is 0.625. The molecule has 21 heavy (non-hydrogen) atoms. The standard InChI is InChI=1S/C16H22N2O3/c1-2-17-14-11-15(16(14)8-3-4-9-16)21-13-7-5-6-12(10-13)18(19)20/h5-7,10,14-15,17H,2-4,8-9,11H2,1H3. The molecule has 1 aromatic carbocycles. The first-order valence-corrected chi connectivity index (χ1v) is 7.80.